The maximum atomic E-state index is 8.49. The van der Waals surface area contributed by atoms with Gasteiger partial charge < -0.3 is 30.4 Å². The van der Waals surface area contributed by atoms with Crippen LogP contribution in [0.3, 0.4) is 0 Å². The Morgan fingerprint density at radius 2 is 0.558 bits per heavy atom. The smallest absolute Gasteiger partial charge is 0.337 e. The van der Waals surface area contributed by atoms with Crippen LogP contribution >= 0.6 is 0 Å². The van der Waals surface area contributed by atoms with Crippen molar-refractivity contribution in [1.82, 2.24) is 50.3 Å². The fourth-order valence-corrected chi connectivity index (χ4v) is 3.53. The molecule has 0 amide bonds. The molecule has 4 rings (SSSR count). The first kappa shape index (κ1) is 109. The molecule has 42 nitrogen and oxygen atoms in total. The Morgan fingerprint density at radius 1 is 0.395 bits per heavy atom. The van der Waals surface area contributed by atoms with Gasteiger partial charge >= 0.3 is 34.1 Å². The van der Waals surface area contributed by atoms with Crippen molar-refractivity contribution in [3.8, 4) is 36.4 Å². The number of aromatic nitrogens is 8. The number of nitriles is 6. The first-order valence-electron chi connectivity index (χ1n) is 20.4. The summed E-state index contributed by atoms with van der Waals surface area (Å²) in [6, 6.07) is 10.5. The summed E-state index contributed by atoms with van der Waals surface area (Å²) in [6.07, 6.45) is 15.5. The number of hydrogen-bond acceptors (Lipinski definition) is 36. The van der Waals surface area contributed by atoms with Gasteiger partial charge in [-0.05, 0) is 0 Å². The van der Waals surface area contributed by atoms with Crippen LogP contribution < -0.4 is 142 Å². The van der Waals surface area contributed by atoms with E-state index in [-0.39, 0.29) is 34.1 Å². The Balaban J connectivity index is -0.0000000740. The third-order valence-electron chi connectivity index (χ3n) is 5.90. The Hall–Kier alpha value is -4.56. The first-order valence-corrected chi connectivity index (χ1v) is 27.8. The fraction of sp³-hybridized carbons (Fsp3) is 0.500. The molecule has 4 heterocycles. The summed E-state index contributed by atoms with van der Waals surface area (Å²) in [4.78, 5) is 14.9. The van der Waals surface area contributed by atoms with Crippen molar-refractivity contribution < 1.29 is 217 Å². The minimum atomic E-state index is -4.94. The van der Waals surface area contributed by atoms with E-state index >= 15 is 0 Å². The number of H-pyrrole nitrogens is 2. The van der Waals surface area contributed by atoms with Crippen molar-refractivity contribution in [2.24, 2.45) is 28.2 Å². The quantitative estimate of drug-likeness (QED) is 0.0388. The van der Waals surface area contributed by atoms with Gasteiger partial charge in [-0.3, -0.25) is 0 Å². The second-order valence-corrected chi connectivity index (χ2v) is 16.8. The third kappa shape index (κ3) is 171. The second kappa shape index (κ2) is 69.5. The van der Waals surface area contributed by atoms with Crippen molar-refractivity contribution in [1.29, 1.82) is 31.6 Å². The SMILES string of the molecule is CC#N.CC#N.CC#N.CC#N.CC#N.CC#N.Cn1ccnc1CNCCNCc1[nH]cc[n+]1C.Cn1ccnc1CNCCNCc1[nH]cc[n+]1C.[Cu+2].[Cu+2].[O-][Cl+3]([O-])([O-])[O-].[O-][Cl+3]([O-])([O-])[O-].[O-][Cl+3]([O-])([O-])[O-].[O-][Cl+3]([O-])([O-])[O-].[O-][Cl+3]([O-])([O-])[O-].[O-][Cl+3]([O-])([O-])[O-]. The van der Waals surface area contributed by atoms with Crippen LogP contribution in [0.15, 0.2) is 49.6 Å². The summed E-state index contributed by atoms with van der Waals surface area (Å²) < 4.78 is 212. The van der Waals surface area contributed by atoms with Crippen LogP contribution in [0, 0.1) is 129 Å². The predicted octanol–water partition coefficient (Wildman–Crippen LogP) is -26.5. The molecule has 0 saturated carbocycles. The summed E-state index contributed by atoms with van der Waals surface area (Å²) in [7, 11) is -21.6. The average molecular weight is 1470 g/mol. The van der Waals surface area contributed by atoms with Gasteiger partial charge in [0.15, 0.2) is 0 Å². The van der Waals surface area contributed by atoms with Gasteiger partial charge in [0.05, 0.1) is 76.7 Å². The maximum absolute atomic E-state index is 8.49. The van der Waals surface area contributed by atoms with Crippen molar-refractivity contribution >= 4 is 0 Å². The Morgan fingerprint density at radius 3 is 0.686 bits per heavy atom. The molecular formula is C36H60Cl6Cu2N18O24. The molecule has 6 N–H and O–H groups in total. The third-order valence-corrected chi connectivity index (χ3v) is 5.90. The van der Waals surface area contributed by atoms with Crippen LogP contribution in [0.2, 0.25) is 0 Å². The summed E-state index contributed by atoms with van der Waals surface area (Å²) >= 11 is 0. The van der Waals surface area contributed by atoms with Crippen molar-refractivity contribution in [2.75, 3.05) is 26.2 Å². The molecule has 86 heavy (non-hydrogen) atoms. The van der Waals surface area contributed by atoms with Crippen LogP contribution in [0.4, 0.5) is 0 Å². The van der Waals surface area contributed by atoms with Gasteiger partial charge in [-0.1, -0.05) is 0 Å². The number of hydrogen-bond donors (Lipinski definition) is 6. The van der Waals surface area contributed by atoms with Crippen molar-refractivity contribution in [2.45, 2.75) is 67.7 Å². The predicted molar refractivity (Wildman–Crippen MR) is 205 cm³/mol. The van der Waals surface area contributed by atoms with Gasteiger partial charge in [0.25, 0.3) is 11.6 Å². The number of imidazole rings is 4. The van der Waals surface area contributed by atoms with Crippen LogP contribution in [0.5, 0.6) is 0 Å². The van der Waals surface area contributed by atoms with E-state index in [0.29, 0.717) is 0 Å². The second-order valence-electron chi connectivity index (χ2n) is 12.3. The first-order chi connectivity index (χ1) is 38.0. The van der Waals surface area contributed by atoms with E-state index in [2.05, 4.69) is 50.3 Å². The van der Waals surface area contributed by atoms with E-state index < -0.39 is 61.5 Å². The molecule has 0 spiro atoms. The van der Waals surface area contributed by atoms with Crippen LogP contribution in [0.1, 0.15) is 64.8 Å². The zero-order valence-electron chi connectivity index (χ0n) is 46.3. The van der Waals surface area contributed by atoms with Gasteiger partial charge in [-0.15, -0.1) is 61.5 Å². The van der Waals surface area contributed by atoms with E-state index in [1.807, 2.05) is 86.9 Å². The minimum Gasteiger partial charge on any atom is -0.337 e. The topological polar surface area (TPSA) is 819 Å². The molecule has 0 fully saturated rings. The molecule has 0 aromatic carbocycles. The normalized spacial score (nSPS) is 9.35. The Bertz CT molecular complexity index is 1950. The number of halogens is 6. The van der Waals surface area contributed by atoms with Crippen molar-refractivity contribution in [3.63, 3.8) is 0 Å². The molecule has 0 saturated heterocycles. The number of nitrogens with zero attached hydrogens (tertiary/aromatic N) is 12. The molecule has 0 unspecified atom stereocenters. The van der Waals surface area contributed by atoms with Gasteiger partial charge in [0.2, 0.25) is 0 Å². The van der Waals surface area contributed by atoms with Crippen LogP contribution in [-0.4, -0.2) is 55.2 Å². The molecule has 2 radical (unpaired) electrons. The van der Waals surface area contributed by atoms with E-state index in [1.165, 1.54) is 53.2 Å². The van der Waals surface area contributed by atoms with Crippen LogP contribution in [-0.2, 0) is 88.5 Å². The Labute approximate surface area is 527 Å². The van der Waals surface area contributed by atoms with E-state index in [0.717, 1.165) is 64.0 Å². The summed E-state index contributed by atoms with van der Waals surface area (Å²) in [5, 5.41) is 57.4. The molecule has 0 aliphatic heterocycles. The fourth-order valence-electron chi connectivity index (χ4n) is 3.53. The summed E-state index contributed by atoms with van der Waals surface area (Å²) in [5.74, 6) is 4.48. The van der Waals surface area contributed by atoms with Crippen LogP contribution in [0.25, 0.3) is 0 Å². The average Bonchev–Trinajstić information content (AvgIpc) is 4.09. The van der Waals surface area contributed by atoms with Gasteiger partial charge in [0, 0.05) is 107 Å². The van der Waals surface area contributed by atoms with E-state index in [9.17, 15) is 0 Å². The van der Waals surface area contributed by atoms with Gasteiger partial charge in [-0.25, -0.2) is 141 Å². The molecule has 4 aromatic heterocycles. The molecule has 502 valence electrons. The zero-order chi connectivity index (χ0) is 68.8. The number of nitrogens with one attached hydrogen (secondary N) is 6. The number of aryl methyl sites for hydroxylation is 4. The zero-order valence-corrected chi connectivity index (χ0v) is 52.7. The van der Waals surface area contributed by atoms with Crippen molar-refractivity contribution in [3.05, 3.63) is 72.9 Å². The van der Waals surface area contributed by atoms with Gasteiger partial charge in [-0.2, -0.15) is 31.6 Å². The molecule has 50 heteroatoms. The largest absolute Gasteiger partial charge is 2.00 e. The van der Waals surface area contributed by atoms with Gasteiger partial charge in [0.1, 0.15) is 36.4 Å². The number of aromatic amines is 2. The van der Waals surface area contributed by atoms with E-state index in [4.69, 9.17) is 143 Å². The number of rotatable bonds is 14. The molecule has 0 atom stereocenters. The van der Waals surface area contributed by atoms with E-state index in [1.54, 1.807) is 36.4 Å². The Kier molecular flexibility index (Phi) is 88.4. The monoisotopic (exact) mass is 1460 g/mol. The molecule has 0 bridgehead atoms. The maximum Gasteiger partial charge on any atom is 2.00 e. The molecule has 0 aliphatic carbocycles. The summed E-state index contributed by atoms with van der Waals surface area (Å²) in [6.45, 7) is 15.6. The summed E-state index contributed by atoms with van der Waals surface area (Å²) in [5.41, 5.74) is 0. The molecule has 0 aliphatic rings. The molecule has 4 aromatic rings. The molecular weight excluding hydrogens is 1410 g/mol. The standard InChI is InChI=1S/2C12H20N6.6C2H3N.6ClHO4.2Cu/c2*1-17-7-5-15-11(17)9-13-3-4-14-10-12-16-6-8-18(12)2;6*1-2-3;6*2-1(3,4)5;;/h2*5-8,13-14H,3-4,9-10H2,1-2H3;6*1H3;6*(H,2,3,4,5);;/q;;;;;;;;;;;;;;2*+2/p-4. The minimum absolute atomic E-state index is 0.